The molecule has 0 aliphatic heterocycles. The normalized spacial score (nSPS) is 12.0. The number of carbonyl (C=O) groups is 1. The van der Waals surface area contributed by atoms with Crippen LogP contribution in [0.2, 0.25) is 5.02 Å². The molecule has 0 radical (unpaired) electrons. The number of halogens is 6. The van der Waals surface area contributed by atoms with Gasteiger partial charge in [0.05, 0.1) is 10.7 Å². The first-order valence-corrected chi connectivity index (χ1v) is 6.84. The van der Waals surface area contributed by atoms with Gasteiger partial charge in [0.15, 0.2) is 23.5 Å². The number of ether oxygens (including phenoxy) is 1. The Hall–Kier alpha value is -2.35. The predicted octanol–water partition coefficient (Wildman–Crippen LogP) is 4.44. The van der Waals surface area contributed by atoms with Gasteiger partial charge in [0.2, 0.25) is 11.6 Å². The Morgan fingerprint density at radius 1 is 1.08 bits per heavy atom. The van der Waals surface area contributed by atoms with E-state index in [4.69, 9.17) is 11.6 Å². The first-order chi connectivity index (χ1) is 11.2. The van der Waals surface area contributed by atoms with Crippen LogP contribution in [0.15, 0.2) is 24.3 Å². The minimum absolute atomic E-state index is 0.0144. The molecule has 1 N–H and O–H groups in total. The second-order valence-electron chi connectivity index (χ2n) is 4.67. The zero-order chi connectivity index (χ0) is 18.0. The maximum atomic E-state index is 13.5. The Kier molecular flexibility index (Phi) is 5.28. The van der Waals surface area contributed by atoms with E-state index in [1.54, 1.807) is 0 Å². The summed E-state index contributed by atoms with van der Waals surface area (Å²) in [6.45, 7) is 1.09. The van der Waals surface area contributed by atoms with Crippen LogP contribution in [0.1, 0.15) is 6.92 Å². The van der Waals surface area contributed by atoms with Crippen LogP contribution < -0.4 is 10.1 Å². The van der Waals surface area contributed by atoms with Gasteiger partial charge in [-0.05, 0) is 25.1 Å². The summed E-state index contributed by atoms with van der Waals surface area (Å²) in [5.74, 6) is -9.80. The standard InChI is InChI=1S/C15H9ClF5NO2/c1-6(15(23)22-11-3-2-7(17)4-8(11)16)24-14-12(20)9(18)5-10(19)13(14)21/h2-6H,1H3,(H,22,23)/t6-/m1/s1. The summed E-state index contributed by atoms with van der Waals surface area (Å²) in [6.07, 6.45) is -1.53. The van der Waals surface area contributed by atoms with E-state index in [1.807, 2.05) is 0 Å². The van der Waals surface area contributed by atoms with E-state index in [9.17, 15) is 26.7 Å². The van der Waals surface area contributed by atoms with Crippen molar-refractivity contribution in [1.82, 2.24) is 0 Å². The lowest BCUT2D eigenvalue weighted by atomic mass is 10.2. The first-order valence-electron chi connectivity index (χ1n) is 6.46. The van der Waals surface area contributed by atoms with Gasteiger partial charge >= 0.3 is 0 Å². The summed E-state index contributed by atoms with van der Waals surface area (Å²) in [6, 6.07) is 3.13. The van der Waals surface area contributed by atoms with E-state index in [0.717, 1.165) is 25.1 Å². The van der Waals surface area contributed by atoms with Crippen molar-refractivity contribution < 1.29 is 31.5 Å². The van der Waals surface area contributed by atoms with E-state index in [-0.39, 0.29) is 16.8 Å². The molecule has 0 heterocycles. The summed E-state index contributed by atoms with van der Waals surface area (Å²) in [7, 11) is 0. The number of amides is 1. The van der Waals surface area contributed by atoms with Gasteiger partial charge in [-0.1, -0.05) is 11.6 Å². The molecule has 128 valence electrons. The molecule has 0 aromatic heterocycles. The Morgan fingerprint density at radius 2 is 1.67 bits per heavy atom. The molecule has 0 unspecified atom stereocenters. The Labute approximate surface area is 138 Å². The van der Waals surface area contributed by atoms with Crippen molar-refractivity contribution in [3.05, 3.63) is 58.4 Å². The number of nitrogens with one attached hydrogen (secondary N) is 1. The predicted molar refractivity (Wildman–Crippen MR) is 76.4 cm³/mol. The molecule has 2 rings (SSSR count). The van der Waals surface area contributed by atoms with Crippen molar-refractivity contribution in [3.63, 3.8) is 0 Å². The van der Waals surface area contributed by atoms with Gasteiger partial charge in [0, 0.05) is 6.07 Å². The lowest BCUT2D eigenvalue weighted by Gasteiger charge is -2.16. The zero-order valence-corrected chi connectivity index (χ0v) is 12.7. The largest absolute Gasteiger partial charge is 0.475 e. The minimum atomic E-state index is -1.77. The second kappa shape index (κ2) is 7.04. The molecule has 9 heteroatoms. The molecule has 0 spiro atoms. The van der Waals surface area contributed by atoms with Crippen LogP contribution in [-0.4, -0.2) is 12.0 Å². The summed E-state index contributed by atoms with van der Waals surface area (Å²) in [5.41, 5.74) is 0.0184. The highest BCUT2D eigenvalue weighted by Gasteiger charge is 2.25. The molecule has 0 aliphatic carbocycles. The topological polar surface area (TPSA) is 38.3 Å². The lowest BCUT2D eigenvalue weighted by Crippen LogP contribution is -2.31. The number of hydrogen-bond donors (Lipinski definition) is 1. The van der Waals surface area contributed by atoms with E-state index < -0.39 is 46.8 Å². The van der Waals surface area contributed by atoms with Gasteiger partial charge in [-0.15, -0.1) is 0 Å². The fourth-order valence-electron chi connectivity index (χ4n) is 1.71. The summed E-state index contributed by atoms with van der Waals surface area (Å²) < 4.78 is 70.8. The maximum absolute atomic E-state index is 13.5. The average molecular weight is 366 g/mol. The lowest BCUT2D eigenvalue weighted by molar-refractivity contribution is -0.122. The van der Waals surface area contributed by atoms with Gasteiger partial charge in [-0.3, -0.25) is 4.79 Å². The van der Waals surface area contributed by atoms with Crippen molar-refractivity contribution in [1.29, 1.82) is 0 Å². The molecular formula is C15H9ClF5NO2. The van der Waals surface area contributed by atoms with Crippen molar-refractivity contribution in [2.45, 2.75) is 13.0 Å². The van der Waals surface area contributed by atoms with Crippen LogP contribution in [0, 0.1) is 29.1 Å². The Bertz CT molecular complexity index is 774. The van der Waals surface area contributed by atoms with Crippen LogP contribution >= 0.6 is 11.6 Å². The van der Waals surface area contributed by atoms with Gasteiger partial charge in [0.1, 0.15) is 5.82 Å². The van der Waals surface area contributed by atoms with Crippen molar-refractivity contribution in [2.75, 3.05) is 5.32 Å². The first kappa shape index (κ1) is 18.0. The summed E-state index contributed by atoms with van der Waals surface area (Å²) in [4.78, 5) is 11.9. The van der Waals surface area contributed by atoms with Crippen LogP contribution in [0.5, 0.6) is 5.75 Å². The van der Waals surface area contributed by atoms with Crippen LogP contribution in [-0.2, 0) is 4.79 Å². The molecule has 0 bridgehead atoms. The number of anilines is 1. The third-order valence-electron chi connectivity index (χ3n) is 2.92. The van der Waals surface area contributed by atoms with Crippen LogP contribution in [0.25, 0.3) is 0 Å². The molecule has 3 nitrogen and oxygen atoms in total. The average Bonchev–Trinajstić information content (AvgIpc) is 2.52. The molecule has 2 aromatic rings. The fourth-order valence-corrected chi connectivity index (χ4v) is 1.92. The van der Waals surface area contributed by atoms with E-state index in [0.29, 0.717) is 0 Å². The molecule has 0 saturated carbocycles. The van der Waals surface area contributed by atoms with E-state index >= 15 is 0 Å². The highest BCUT2D eigenvalue weighted by Crippen LogP contribution is 2.28. The molecule has 24 heavy (non-hydrogen) atoms. The van der Waals surface area contributed by atoms with Crippen molar-refractivity contribution in [3.8, 4) is 5.75 Å². The Morgan fingerprint density at radius 3 is 2.21 bits per heavy atom. The maximum Gasteiger partial charge on any atom is 0.265 e. The van der Waals surface area contributed by atoms with Crippen molar-refractivity contribution >= 4 is 23.2 Å². The molecular weight excluding hydrogens is 357 g/mol. The Balaban J connectivity index is 2.18. The summed E-state index contributed by atoms with van der Waals surface area (Å²) >= 11 is 5.72. The smallest absolute Gasteiger partial charge is 0.265 e. The quantitative estimate of drug-likeness (QED) is 0.642. The number of benzene rings is 2. The third-order valence-corrected chi connectivity index (χ3v) is 3.24. The number of rotatable bonds is 4. The highest BCUT2D eigenvalue weighted by molar-refractivity contribution is 6.33. The molecule has 0 fully saturated rings. The van der Waals surface area contributed by atoms with Crippen molar-refractivity contribution in [2.24, 2.45) is 0 Å². The zero-order valence-electron chi connectivity index (χ0n) is 12.0. The van der Waals surface area contributed by atoms with Crippen LogP contribution in [0.4, 0.5) is 27.6 Å². The SMILES string of the molecule is C[C@@H](Oc1c(F)c(F)cc(F)c1F)C(=O)Nc1ccc(F)cc1Cl. The summed E-state index contributed by atoms with van der Waals surface area (Å²) in [5, 5.41) is 2.11. The van der Waals surface area contributed by atoms with Crippen LogP contribution in [0.3, 0.4) is 0 Å². The molecule has 1 atom stereocenters. The fraction of sp³-hybridized carbons (Fsp3) is 0.133. The second-order valence-corrected chi connectivity index (χ2v) is 5.08. The molecule has 0 saturated heterocycles. The molecule has 1 amide bonds. The van der Waals surface area contributed by atoms with Gasteiger partial charge in [-0.25, -0.2) is 13.2 Å². The highest BCUT2D eigenvalue weighted by atomic mass is 35.5. The monoisotopic (exact) mass is 365 g/mol. The van der Waals surface area contributed by atoms with Gasteiger partial charge in [-0.2, -0.15) is 8.78 Å². The third kappa shape index (κ3) is 3.76. The minimum Gasteiger partial charge on any atom is -0.475 e. The molecule has 0 aliphatic rings. The number of carbonyl (C=O) groups excluding carboxylic acids is 1. The van der Waals surface area contributed by atoms with E-state index in [2.05, 4.69) is 10.1 Å². The number of hydrogen-bond acceptors (Lipinski definition) is 2. The van der Waals surface area contributed by atoms with Gasteiger partial charge < -0.3 is 10.1 Å². The van der Waals surface area contributed by atoms with Gasteiger partial charge in [0.25, 0.3) is 5.91 Å². The molecule has 2 aromatic carbocycles. The van der Waals surface area contributed by atoms with E-state index in [1.165, 1.54) is 0 Å².